The molecule has 0 amide bonds. The molecule has 0 saturated carbocycles. The van der Waals surface area contributed by atoms with Crippen molar-refractivity contribution in [1.82, 2.24) is 0 Å². The van der Waals surface area contributed by atoms with Crippen molar-refractivity contribution in [3.8, 4) is 17.2 Å². The van der Waals surface area contributed by atoms with E-state index in [-0.39, 0.29) is 0 Å². The maximum Gasteiger partial charge on any atom is 0.119 e. The third-order valence-corrected chi connectivity index (χ3v) is 7.32. The maximum atomic E-state index is 5.62. The summed E-state index contributed by atoms with van der Waals surface area (Å²) in [5, 5.41) is 0. The fourth-order valence-corrected chi connectivity index (χ4v) is 5.09. The molecule has 0 unspecified atom stereocenters. The van der Waals surface area contributed by atoms with Gasteiger partial charge < -0.3 is 14.2 Å². The van der Waals surface area contributed by atoms with Gasteiger partial charge in [-0.2, -0.15) is 0 Å². The third kappa shape index (κ3) is 7.82. The van der Waals surface area contributed by atoms with E-state index in [4.69, 9.17) is 14.2 Å². The molecule has 0 aromatic heterocycles. The van der Waals surface area contributed by atoms with Crippen LogP contribution in [0.3, 0.4) is 0 Å². The quantitative estimate of drug-likeness (QED) is 0.162. The summed E-state index contributed by atoms with van der Waals surface area (Å²) in [5.41, 5.74) is 10.9. The summed E-state index contributed by atoms with van der Waals surface area (Å²) >= 11 is 0. The van der Waals surface area contributed by atoms with Crippen LogP contribution >= 0.6 is 0 Å². The van der Waals surface area contributed by atoms with E-state index in [0.717, 1.165) is 33.9 Å². The minimum absolute atomic E-state index is 0.664. The summed E-state index contributed by atoms with van der Waals surface area (Å²) < 4.78 is 16.9. The van der Waals surface area contributed by atoms with Gasteiger partial charge in [0, 0.05) is 0 Å². The van der Waals surface area contributed by atoms with Gasteiger partial charge in [-0.05, 0) is 128 Å². The molecule has 0 heterocycles. The molecule has 3 nitrogen and oxygen atoms in total. The molecule has 0 fully saturated rings. The van der Waals surface area contributed by atoms with E-state index in [1.54, 1.807) is 0 Å². The SMILES string of the molecule is CCOc1ccc(/C=C/c2c(C)c(/C=C/c3ccc(OCC)cc3)c(C)c(/C=C/c3ccc(OCC)cc3)c2C)cc1. The molecule has 0 bridgehead atoms. The zero-order valence-electron chi connectivity index (χ0n) is 25.7. The van der Waals surface area contributed by atoms with Gasteiger partial charge >= 0.3 is 0 Å². The van der Waals surface area contributed by atoms with Crippen LogP contribution in [-0.2, 0) is 0 Å². The first-order valence-electron chi connectivity index (χ1n) is 14.8. The lowest BCUT2D eigenvalue weighted by molar-refractivity contribution is 0.340. The molecule has 0 spiro atoms. The summed E-state index contributed by atoms with van der Waals surface area (Å²) in [6, 6.07) is 24.7. The predicted molar refractivity (Wildman–Crippen MR) is 180 cm³/mol. The standard InChI is InChI=1S/C39H42O3/c1-7-40-34-19-10-31(11-20-34)16-25-37-28(4)38(26-17-32-12-21-35(22-13-32)41-8-2)30(6)39(29(37)5)27-18-33-14-23-36(24-15-33)42-9-3/h10-27H,7-9H2,1-6H3/b25-16+,26-17+,27-18+. The zero-order chi connectivity index (χ0) is 29.9. The minimum atomic E-state index is 0.664. The van der Waals surface area contributed by atoms with Crippen LogP contribution in [0.25, 0.3) is 36.5 Å². The summed E-state index contributed by atoms with van der Waals surface area (Å²) in [4.78, 5) is 0. The molecule has 0 aliphatic rings. The molecule has 0 aliphatic heterocycles. The van der Waals surface area contributed by atoms with Crippen molar-refractivity contribution in [3.05, 3.63) is 123 Å². The van der Waals surface area contributed by atoms with Crippen LogP contribution < -0.4 is 14.2 Å². The number of hydrogen-bond donors (Lipinski definition) is 0. The van der Waals surface area contributed by atoms with E-state index < -0.39 is 0 Å². The zero-order valence-corrected chi connectivity index (χ0v) is 25.7. The fourth-order valence-electron chi connectivity index (χ4n) is 5.09. The Bertz CT molecular complexity index is 1330. The van der Waals surface area contributed by atoms with Crippen LogP contribution in [0, 0.1) is 20.8 Å². The Morgan fingerprint density at radius 1 is 0.381 bits per heavy atom. The second kappa shape index (κ2) is 14.9. The van der Waals surface area contributed by atoms with Crippen molar-refractivity contribution in [1.29, 1.82) is 0 Å². The highest BCUT2D eigenvalue weighted by Gasteiger charge is 2.13. The molecular weight excluding hydrogens is 516 g/mol. The first-order chi connectivity index (χ1) is 20.4. The Kier molecular flexibility index (Phi) is 10.8. The van der Waals surface area contributed by atoms with Gasteiger partial charge in [0.2, 0.25) is 0 Å². The molecule has 0 atom stereocenters. The largest absolute Gasteiger partial charge is 0.494 e. The van der Waals surface area contributed by atoms with Crippen LogP contribution in [-0.4, -0.2) is 19.8 Å². The van der Waals surface area contributed by atoms with E-state index >= 15 is 0 Å². The number of ether oxygens (including phenoxy) is 3. The molecule has 4 aromatic rings. The third-order valence-electron chi connectivity index (χ3n) is 7.32. The van der Waals surface area contributed by atoms with Gasteiger partial charge in [-0.3, -0.25) is 0 Å². The van der Waals surface area contributed by atoms with Gasteiger partial charge in [0.15, 0.2) is 0 Å². The lowest BCUT2D eigenvalue weighted by Gasteiger charge is -2.18. The lowest BCUT2D eigenvalue weighted by Crippen LogP contribution is -2.00. The Labute approximate surface area is 251 Å². The van der Waals surface area contributed by atoms with Crippen molar-refractivity contribution in [2.75, 3.05) is 19.8 Å². The first kappa shape index (κ1) is 30.5. The summed E-state index contributed by atoms with van der Waals surface area (Å²) in [5.74, 6) is 2.67. The average molecular weight is 559 g/mol. The second-order valence-electron chi connectivity index (χ2n) is 10.1. The first-order valence-corrected chi connectivity index (χ1v) is 14.8. The van der Waals surface area contributed by atoms with Crippen molar-refractivity contribution in [2.24, 2.45) is 0 Å². The van der Waals surface area contributed by atoms with Gasteiger partial charge in [0.05, 0.1) is 19.8 Å². The van der Waals surface area contributed by atoms with Gasteiger partial charge in [0.1, 0.15) is 17.2 Å². The molecule has 216 valence electrons. The number of benzene rings is 4. The summed E-state index contributed by atoms with van der Waals surface area (Å²) in [6.45, 7) is 14.6. The molecule has 4 aromatic carbocycles. The van der Waals surface area contributed by atoms with Gasteiger partial charge in [-0.15, -0.1) is 0 Å². The Morgan fingerprint density at radius 3 is 0.833 bits per heavy atom. The molecule has 4 rings (SSSR count). The Morgan fingerprint density at radius 2 is 0.619 bits per heavy atom. The van der Waals surface area contributed by atoms with E-state index in [2.05, 4.69) is 93.6 Å². The molecule has 0 radical (unpaired) electrons. The molecule has 0 aliphatic carbocycles. The molecule has 42 heavy (non-hydrogen) atoms. The normalized spacial score (nSPS) is 11.6. The maximum absolute atomic E-state index is 5.62. The van der Waals surface area contributed by atoms with E-state index in [1.807, 2.05) is 57.2 Å². The monoisotopic (exact) mass is 558 g/mol. The van der Waals surface area contributed by atoms with Crippen LogP contribution in [0.5, 0.6) is 17.2 Å². The fraction of sp³-hybridized carbons (Fsp3) is 0.231. The van der Waals surface area contributed by atoms with E-state index in [0.29, 0.717) is 19.8 Å². The number of rotatable bonds is 12. The van der Waals surface area contributed by atoms with Crippen LogP contribution in [0.2, 0.25) is 0 Å². The van der Waals surface area contributed by atoms with E-state index in [1.165, 1.54) is 33.4 Å². The predicted octanol–water partition coefficient (Wildman–Crippen LogP) is 10.3. The van der Waals surface area contributed by atoms with Crippen molar-refractivity contribution >= 4 is 36.5 Å². The smallest absolute Gasteiger partial charge is 0.119 e. The van der Waals surface area contributed by atoms with Crippen LogP contribution in [0.15, 0.2) is 72.8 Å². The highest BCUT2D eigenvalue weighted by Crippen LogP contribution is 2.32. The molecule has 3 heteroatoms. The lowest BCUT2D eigenvalue weighted by atomic mass is 9.87. The second-order valence-corrected chi connectivity index (χ2v) is 10.1. The molecule has 0 saturated heterocycles. The minimum Gasteiger partial charge on any atom is -0.494 e. The number of hydrogen-bond acceptors (Lipinski definition) is 3. The van der Waals surface area contributed by atoms with Gasteiger partial charge in [0.25, 0.3) is 0 Å². The Balaban J connectivity index is 1.74. The van der Waals surface area contributed by atoms with Crippen molar-refractivity contribution < 1.29 is 14.2 Å². The summed E-state index contributed by atoms with van der Waals surface area (Å²) in [6.07, 6.45) is 13.3. The topological polar surface area (TPSA) is 27.7 Å². The highest BCUT2D eigenvalue weighted by molar-refractivity contribution is 5.85. The van der Waals surface area contributed by atoms with Crippen molar-refractivity contribution in [2.45, 2.75) is 41.5 Å². The van der Waals surface area contributed by atoms with Crippen LogP contribution in [0.4, 0.5) is 0 Å². The molecule has 0 N–H and O–H groups in total. The highest BCUT2D eigenvalue weighted by atomic mass is 16.5. The van der Waals surface area contributed by atoms with E-state index in [9.17, 15) is 0 Å². The molecular formula is C39H42O3. The van der Waals surface area contributed by atoms with Gasteiger partial charge in [-0.25, -0.2) is 0 Å². The van der Waals surface area contributed by atoms with Crippen LogP contribution in [0.1, 0.15) is 70.8 Å². The van der Waals surface area contributed by atoms with Crippen molar-refractivity contribution in [3.63, 3.8) is 0 Å². The summed E-state index contributed by atoms with van der Waals surface area (Å²) in [7, 11) is 0. The Hall–Kier alpha value is -4.50. The average Bonchev–Trinajstić information content (AvgIpc) is 3.00. The van der Waals surface area contributed by atoms with Gasteiger partial charge in [-0.1, -0.05) is 72.9 Å².